The number of halogens is 2. The van der Waals surface area contributed by atoms with Crippen molar-refractivity contribution >= 4 is 27.5 Å². The van der Waals surface area contributed by atoms with Crippen LogP contribution in [0.2, 0.25) is 5.35 Å². The first-order chi connectivity index (χ1) is 6.75. The van der Waals surface area contributed by atoms with Crippen LogP contribution in [-0.2, 0) is 6.42 Å². The van der Waals surface area contributed by atoms with Gasteiger partial charge in [0.05, 0.1) is 0 Å². The van der Waals surface area contributed by atoms with Gasteiger partial charge >= 0.3 is 5.35 Å². The molecule has 5 heteroatoms. The molecule has 72 valence electrons. The summed E-state index contributed by atoms with van der Waals surface area (Å²) in [4.78, 5) is 3.91. The molecule has 0 saturated carbocycles. The Bertz CT molecular complexity index is 444. The number of nitrogens with zero attached hydrogens (tertiary/aromatic N) is 2. The van der Waals surface area contributed by atoms with E-state index >= 15 is 0 Å². The molecule has 0 atom stereocenters. The van der Waals surface area contributed by atoms with E-state index in [1.54, 1.807) is 0 Å². The lowest BCUT2D eigenvalue weighted by Gasteiger charge is -1.98. The van der Waals surface area contributed by atoms with E-state index in [2.05, 4.69) is 30.6 Å². The Kier molecular flexibility index (Phi) is 2.84. The van der Waals surface area contributed by atoms with E-state index in [-0.39, 0.29) is 5.35 Å². The standard InChI is InChI=1S/C9H6BrClN2O/c10-7-4-2-1-3-6(7)5-8-12-9(11)14-13-8/h1-4H,5H2. The van der Waals surface area contributed by atoms with Gasteiger partial charge in [0.15, 0.2) is 5.82 Å². The van der Waals surface area contributed by atoms with Gasteiger partial charge in [-0.15, -0.1) is 0 Å². The third kappa shape index (κ3) is 2.13. The Morgan fingerprint density at radius 2 is 2.14 bits per heavy atom. The molecule has 0 aliphatic carbocycles. The summed E-state index contributed by atoms with van der Waals surface area (Å²) in [6.07, 6.45) is 0.609. The lowest BCUT2D eigenvalue weighted by Crippen LogP contribution is -1.91. The van der Waals surface area contributed by atoms with Gasteiger partial charge in [0.25, 0.3) is 0 Å². The van der Waals surface area contributed by atoms with E-state index in [1.165, 1.54) is 0 Å². The van der Waals surface area contributed by atoms with Crippen LogP contribution in [0.5, 0.6) is 0 Å². The molecular formula is C9H6BrClN2O. The van der Waals surface area contributed by atoms with Gasteiger partial charge in [-0.1, -0.05) is 39.3 Å². The van der Waals surface area contributed by atoms with Gasteiger partial charge in [0.2, 0.25) is 0 Å². The zero-order chi connectivity index (χ0) is 9.97. The summed E-state index contributed by atoms with van der Waals surface area (Å²) in [5.74, 6) is 0.585. The summed E-state index contributed by atoms with van der Waals surface area (Å²) in [5.41, 5.74) is 1.10. The first-order valence-electron chi connectivity index (χ1n) is 3.97. The third-order valence-electron chi connectivity index (χ3n) is 1.75. The topological polar surface area (TPSA) is 38.9 Å². The molecule has 0 aliphatic rings. The summed E-state index contributed by atoms with van der Waals surface area (Å²) < 4.78 is 5.69. The van der Waals surface area contributed by atoms with Crippen LogP contribution in [-0.4, -0.2) is 10.1 Å². The second-order valence-electron chi connectivity index (χ2n) is 2.73. The summed E-state index contributed by atoms with van der Waals surface area (Å²) >= 11 is 8.96. The SMILES string of the molecule is Clc1nc(Cc2ccccc2Br)no1. The zero-order valence-electron chi connectivity index (χ0n) is 7.08. The van der Waals surface area contributed by atoms with E-state index < -0.39 is 0 Å². The van der Waals surface area contributed by atoms with Crippen molar-refractivity contribution in [2.24, 2.45) is 0 Å². The fraction of sp³-hybridized carbons (Fsp3) is 0.111. The zero-order valence-corrected chi connectivity index (χ0v) is 9.42. The summed E-state index contributed by atoms with van der Waals surface area (Å²) in [6, 6.07) is 7.88. The van der Waals surface area contributed by atoms with Crippen molar-refractivity contribution in [2.45, 2.75) is 6.42 Å². The molecule has 2 aromatic rings. The molecule has 1 aromatic heterocycles. The lowest BCUT2D eigenvalue weighted by molar-refractivity contribution is 0.413. The molecule has 0 bridgehead atoms. The Morgan fingerprint density at radius 1 is 1.36 bits per heavy atom. The van der Waals surface area contributed by atoms with Crippen LogP contribution in [0.3, 0.4) is 0 Å². The molecule has 14 heavy (non-hydrogen) atoms. The maximum atomic E-state index is 5.51. The summed E-state index contributed by atoms with van der Waals surface area (Å²) in [7, 11) is 0. The number of benzene rings is 1. The fourth-order valence-corrected chi connectivity index (χ4v) is 1.67. The summed E-state index contributed by atoms with van der Waals surface area (Å²) in [5, 5.41) is 3.79. The van der Waals surface area contributed by atoms with Crippen molar-refractivity contribution < 1.29 is 4.52 Å². The Hall–Kier alpha value is -0.870. The predicted molar refractivity (Wildman–Crippen MR) is 56.3 cm³/mol. The molecule has 3 nitrogen and oxygen atoms in total. The van der Waals surface area contributed by atoms with Gasteiger partial charge in [-0.3, -0.25) is 0 Å². The van der Waals surface area contributed by atoms with E-state index in [0.717, 1.165) is 10.0 Å². The van der Waals surface area contributed by atoms with E-state index in [9.17, 15) is 0 Å². The first kappa shape index (κ1) is 9.68. The predicted octanol–water partition coefficient (Wildman–Crippen LogP) is 3.08. The molecule has 0 saturated heterocycles. The van der Waals surface area contributed by atoms with Gasteiger partial charge < -0.3 is 4.52 Å². The third-order valence-corrected chi connectivity index (χ3v) is 2.68. The number of aromatic nitrogens is 2. The molecule has 0 unspecified atom stereocenters. The minimum Gasteiger partial charge on any atom is -0.321 e. The van der Waals surface area contributed by atoms with E-state index in [1.807, 2.05) is 24.3 Å². The van der Waals surface area contributed by atoms with Gasteiger partial charge in [-0.05, 0) is 23.2 Å². The van der Waals surface area contributed by atoms with Crippen LogP contribution in [0.4, 0.5) is 0 Å². The fourth-order valence-electron chi connectivity index (χ4n) is 1.12. The normalized spacial score (nSPS) is 10.4. The average molecular weight is 274 g/mol. The Balaban J connectivity index is 2.23. The Labute approximate surface area is 94.2 Å². The largest absolute Gasteiger partial charge is 0.321 e. The van der Waals surface area contributed by atoms with Crippen LogP contribution < -0.4 is 0 Å². The maximum absolute atomic E-state index is 5.51. The molecule has 2 rings (SSSR count). The van der Waals surface area contributed by atoms with Crippen LogP contribution in [0.15, 0.2) is 33.3 Å². The van der Waals surface area contributed by atoms with Gasteiger partial charge in [-0.25, -0.2) is 0 Å². The maximum Gasteiger partial charge on any atom is 0.320 e. The monoisotopic (exact) mass is 272 g/mol. The second kappa shape index (κ2) is 4.11. The molecule has 0 amide bonds. The van der Waals surface area contributed by atoms with Crippen molar-refractivity contribution in [2.75, 3.05) is 0 Å². The van der Waals surface area contributed by atoms with Gasteiger partial charge in [-0.2, -0.15) is 4.98 Å². The van der Waals surface area contributed by atoms with Gasteiger partial charge in [0.1, 0.15) is 0 Å². The highest BCUT2D eigenvalue weighted by Gasteiger charge is 2.06. The van der Waals surface area contributed by atoms with Crippen molar-refractivity contribution in [3.63, 3.8) is 0 Å². The molecule has 1 heterocycles. The van der Waals surface area contributed by atoms with Crippen LogP contribution in [0.1, 0.15) is 11.4 Å². The molecule has 0 N–H and O–H groups in total. The van der Waals surface area contributed by atoms with E-state index in [0.29, 0.717) is 12.2 Å². The molecule has 0 aliphatic heterocycles. The van der Waals surface area contributed by atoms with Crippen LogP contribution in [0.25, 0.3) is 0 Å². The van der Waals surface area contributed by atoms with Crippen molar-refractivity contribution in [3.8, 4) is 0 Å². The van der Waals surface area contributed by atoms with Crippen molar-refractivity contribution in [3.05, 3.63) is 45.5 Å². The molecule has 1 aromatic carbocycles. The molecule has 0 spiro atoms. The minimum absolute atomic E-state index is 0.0760. The quantitative estimate of drug-likeness (QED) is 0.844. The number of hydrogen-bond acceptors (Lipinski definition) is 3. The van der Waals surface area contributed by atoms with Crippen molar-refractivity contribution in [1.29, 1.82) is 0 Å². The molecule has 0 fully saturated rings. The number of rotatable bonds is 2. The number of hydrogen-bond donors (Lipinski definition) is 0. The average Bonchev–Trinajstić information content (AvgIpc) is 2.56. The molecular weight excluding hydrogens is 267 g/mol. The Morgan fingerprint density at radius 3 is 2.79 bits per heavy atom. The van der Waals surface area contributed by atoms with Crippen LogP contribution >= 0.6 is 27.5 Å². The second-order valence-corrected chi connectivity index (χ2v) is 3.91. The summed E-state index contributed by atoms with van der Waals surface area (Å²) in [6.45, 7) is 0. The van der Waals surface area contributed by atoms with Gasteiger partial charge in [0, 0.05) is 10.9 Å². The first-order valence-corrected chi connectivity index (χ1v) is 5.14. The van der Waals surface area contributed by atoms with Crippen LogP contribution in [0, 0.1) is 0 Å². The van der Waals surface area contributed by atoms with E-state index in [4.69, 9.17) is 11.6 Å². The smallest absolute Gasteiger partial charge is 0.320 e. The highest BCUT2D eigenvalue weighted by Crippen LogP contribution is 2.18. The highest BCUT2D eigenvalue weighted by molar-refractivity contribution is 9.10. The minimum atomic E-state index is 0.0760. The lowest BCUT2D eigenvalue weighted by atomic mass is 10.1. The molecule has 0 radical (unpaired) electrons. The highest BCUT2D eigenvalue weighted by atomic mass is 79.9. The van der Waals surface area contributed by atoms with Crippen molar-refractivity contribution in [1.82, 2.24) is 10.1 Å².